The molecule has 0 aliphatic carbocycles. The van der Waals surface area contributed by atoms with Crippen LogP contribution in [0.25, 0.3) is 10.9 Å². The molecule has 1 spiro atoms. The summed E-state index contributed by atoms with van der Waals surface area (Å²) in [5.74, 6) is -0.436. The van der Waals surface area contributed by atoms with E-state index < -0.39 is 29.2 Å². The van der Waals surface area contributed by atoms with Crippen LogP contribution in [0.4, 0.5) is 10.6 Å². The van der Waals surface area contributed by atoms with E-state index in [0.717, 1.165) is 10.9 Å². The van der Waals surface area contributed by atoms with Crippen LogP contribution in [0, 0.1) is 0 Å². The maximum absolute atomic E-state index is 12.9. The highest BCUT2D eigenvalue weighted by Crippen LogP contribution is 2.43. The molecule has 3 N–H and O–H groups in total. The first-order chi connectivity index (χ1) is 12.6. The van der Waals surface area contributed by atoms with Crippen molar-refractivity contribution in [3.8, 4) is 0 Å². The molecule has 0 bridgehead atoms. The molecule has 0 radical (unpaired) electrons. The molecule has 27 heavy (non-hydrogen) atoms. The number of hydrogen-bond acceptors (Lipinski definition) is 5. The second-order valence-electron chi connectivity index (χ2n) is 7.99. The first kappa shape index (κ1) is 17.3. The van der Waals surface area contributed by atoms with Crippen molar-refractivity contribution in [2.24, 2.45) is 5.73 Å². The van der Waals surface area contributed by atoms with Crippen LogP contribution in [0.15, 0.2) is 24.3 Å². The van der Waals surface area contributed by atoms with Gasteiger partial charge in [0.2, 0.25) is 5.91 Å². The zero-order chi connectivity index (χ0) is 19.6. The molecule has 1 fully saturated rings. The van der Waals surface area contributed by atoms with E-state index in [9.17, 15) is 14.4 Å². The molecular formula is C18H21N5O4. The predicted molar refractivity (Wildman–Crippen MR) is 96.9 cm³/mol. The Morgan fingerprint density at radius 1 is 1.33 bits per heavy atom. The second-order valence-corrected chi connectivity index (χ2v) is 7.99. The van der Waals surface area contributed by atoms with E-state index in [4.69, 9.17) is 10.5 Å². The Kier molecular flexibility index (Phi) is 3.49. The molecule has 2 aliphatic rings. The number of carbonyl (C=O) groups is 3. The molecule has 1 aromatic heterocycles. The van der Waals surface area contributed by atoms with Crippen molar-refractivity contribution in [3.63, 3.8) is 0 Å². The summed E-state index contributed by atoms with van der Waals surface area (Å²) in [6.07, 6.45) is -0.630. The van der Waals surface area contributed by atoms with Gasteiger partial charge in [-0.3, -0.25) is 14.5 Å². The number of aromatic nitrogens is 2. The Morgan fingerprint density at radius 2 is 2.04 bits per heavy atom. The van der Waals surface area contributed by atoms with Gasteiger partial charge in [0, 0.05) is 11.8 Å². The van der Waals surface area contributed by atoms with Gasteiger partial charge >= 0.3 is 6.09 Å². The van der Waals surface area contributed by atoms with Crippen LogP contribution in [0.1, 0.15) is 27.2 Å². The molecule has 1 saturated heterocycles. The molecule has 2 atom stereocenters. The van der Waals surface area contributed by atoms with Crippen LogP contribution < -0.4 is 11.1 Å². The minimum absolute atomic E-state index is 0.0393. The number of rotatable bonds is 1. The van der Waals surface area contributed by atoms with Crippen molar-refractivity contribution in [1.29, 1.82) is 0 Å². The highest BCUT2D eigenvalue weighted by molar-refractivity contribution is 6.08. The smallest absolute Gasteiger partial charge is 0.411 e. The maximum atomic E-state index is 12.9. The van der Waals surface area contributed by atoms with Gasteiger partial charge in [-0.1, -0.05) is 12.1 Å². The first-order valence-corrected chi connectivity index (χ1v) is 8.71. The van der Waals surface area contributed by atoms with Gasteiger partial charge in [0.15, 0.2) is 5.54 Å². The lowest BCUT2D eigenvalue weighted by atomic mass is 9.96. The Hall–Kier alpha value is -3.10. The number of nitrogens with two attached hydrogens (primary N) is 1. The van der Waals surface area contributed by atoms with Crippen molar-refractivity contribution >= 4 is 34.6 Å². The number of anilines is 1. The Balaban J connectivity index is 1.77. The van der Waals surface area contributed by atoms with Crippen LogP contribution >= 0.6 is 0 Å². The lowest BCUT2D eigenvalue weighted by Gasteiger charge is -2.27. The van der Waals surface area contributed by atoms with E-state index in [1.54, 1.807) is 25.5 Å². The summed E-state index contributed by atoms with van der Waals surface area (Å²) in [7, 11) is 0. The van der Waals surface area contributed by atoms with Gasteiger partial charge in [-0.15, -0.1) is 0 Å². The summed E-state index contributed by atoms with van der Waals surface area (Å²) in [6, 6.07) is 6.46. The topological polar surface area (TPSA) is 120 Å². The molecule has 3 heterocycles. The minimum atomic E-state index is -1.19. The van der Waals surface area contributed by atoms with Gasteiger partial charge in [-0.2, -0.15) is 5.10 Å². The Labute approximate surface area is 155 Å². The SMILES string of the molecule is CC(C)(C)OC(=O)N1C[C@]2(C[C@H]1C(N)=O)C(=O)Nc1c3ccccc3nn12. The quantitative estimate of drug-likeness (QED) is 0.780. The van der Waals surface area contributed by atoms with Crippen molar-refractivity contribution in [3.05, 3.63) is 24.3 Å². The van der Waals surface area contributed by atoms with Gasteiger partial charge in [0.1, 0.15) is 17.5 Å². The maximum Gasteiger partial charge on any atom is 0.411 e. The molecule has 142 valence electrons. The van der Waals surface area contributed by atoms with E-state index in [1.165, 1.54) is 4.90 Å². The fourth-order valence-electron chi connectivity index (χ4n) is 3.75. The second kappa shape index (κ2) is 5.45. The summed E-state index contributed by atoms with van der Waals surface area (Å²) in [4.78, 5) is 38.8. The predicted octanol–water partition coefficient (Wildman–Crippen LogP) is 1.18. The molecule has 9 heteroatoms. The Bertz CT molecular complexity index is 976. The van der Waals surface area contributed by atoms with Crippen molar-refractivity contribution in [2.75, 3.05) is 11.9 Å². The lowest BCUT2D eigenvalue weighted by Crippen LogP contribution is -2.46. The van der Waals surface area contributed by atoms with Crippen LogP contribution in [-0.2, 0) is 19.9 Å². The number of likely N-dealkylation sites (tertiary alicyclic amines) is 1. The van der Waals surface area contributed by atoms with Crippen molar-refractivity contribution in [2.45, 2.75) is 44.4 Å². The molecule has 0 unspecified atom stereocenters. The molecule has 0 saturated carbocycles. The molecule has 3 amide bonds. The highest BCUT2D eigenvalue weighted by atomic mass is 16.6. The summed E-state index contributed by atoms with van der Waals surface area (Å²) < 4.78 is 6.99. The van der Waals surface area contributed by atoms with Gasteiger partial charge in [0.05, 0.1) is 12.1 Å². The van der Waals surface area contributed by atoms with E-state index in [0.29, 0.717) is 5.82 Å². The monoisotopic (exact) mass is 371 g/mol. The normalized spacial score (nSPS) is 24.3. The van der Waals surface area contributed by atoms with Crippen LogP contribution in [0.2, 0.25) is 0 Å². The lowest BCUT2D eigenvalue weighted by molar-refractivity contribution is -0.123. The minimum Gasteiger partial charge on any atom is -0.444 e. The number of nitrogens with one attached hydrogen (secondary N) is 1. The molecular weight excluding hydrogens is 350 g/mol. The van der Waals surface area contributed by atoms with E-state index in [2.05, 4.69) is 10.4 Å². The number of hydrogen-bond donors (Lipinski definition) is 2. The summed E-state index contributed by atoms with van der Waals surface area (Å²) in [6.45, 7) is 5.16. The summed E-state index contributed by atoms with van der Waals surface area (Å²) >= 11 is 0. The molecule has 2 aromatic rings. The highest BCUT2D eigenvalue weighted by Gasteiger charge is 2.59. The van der Waals surface area contributed by atoms with Gasteiger partial charge in [0.25, 0.3) is 5.91 Å². The molecule has 1 aromatic carbocycles. The number of nitrogens with zero attached hydrogens (tertiary/aromatic N) is 3. The van der Waals surface area contributed by atoms with E-state index in [-0.39, 0.29) is 18.9 Å². The number of ether oxygens (including phenoxy) is 1. The largest absolute Gasteiger partial charge is 0.444 e. The summed E-state index contributed by atoms with van der Waals surface area (Å²) in [5, 5.41) is 8.19. The van der Waals surface area contributed by atoms with Crippen LogP contribution in [0.5, 0.6) is 0 Å². The van der Waals surface area contributed by atoms with E-state index in [1.807, 2.05) is 24.3 Å². The average molecular weight is 371 g/mol. The van der Waals surface area contributed by atoms with E-state index >= 15 is 0 Å². The van der Waals surface area contributed by atoms with Crippen molar-refractivity contribution in [1.82, 2.24) is 14.7 Å². The first-order valence-electron chi connectivity index (χ1n) is 8.71. The third-order valence-electron chi connectivity index (χ3n) is 4.93. The number of fused-ring (bicyclic) bond motifs is 4. The van der Waals surface area contributed by atoms with Crippen LogP contribution in [-0.4, -0.2) is 50.8 Å². The van der Waals surface area contributed by atoms with Crippen molar-refractivity contribution < 1.29 is 19.1 Å². The third-order valence-corrected chi connectivity index (χ3v) is 4.93. The fourth-order valence-corrected chi connectivity index (χ4v) is 3.75. The van der Waals surface area contributed by atoms with Gasteiger partial charge in [-0.05, 0) is 32.9 Å². The van der Waals surface area contributed by atoms with Crippen LogP contribution in [0.3, 0.4) is 0 Å². The Morgan fingerprint density at radius 3 is 2.70 bits per heavy atom. The van der Waals surface area contributed by atoms with Gasteiger partial charge < -0.3 is 15.8 Å². The number of primary amides is 1. The molecule has 2 aliphatic heterocycles. The number of carbonyl (C=O) groups excluding carboxylic acids is 3. The summed E-state index contributed by atoms with van der Waals surface area (Å²) in [5.41, 5.74) is 4.32. The number of amides is 3. The number of benzene rings is 1. The fraction of sp³-hybridized carbons (Fsp3) is 0.444. The zero-order valence-electron chi connectivity index (χ0n) is 15.4. The molecule has 9 nitrogen and oxygen atoms in total. The third kappa shape index (κ3) is 2.53. The van der Waals surface area contributed by atoms with Gasteiger partial charge in [-0.25, -0.2) is 9.48 Å². The molecule has 4 rings (SSSR count). The average Bonchev–Trinajstić information content (AvgIpc) is 3.20. The zero-order valence-corrected chi connectivity index (χ0v) is 15.4. The standard InChI is InChI=1S/C18H21N5O4/c1-17(2,3)27-16(26)22-9-18(8-12(22)13(19)24)15(25)20-14-10-6-4-5-7-11(10)21-23(14)18/h4-7,12H,8-9H2,1-3H3,(H2,19,24)(H,20,25)/t12-,18+/m0/s1.